The molecule has 1 aromatic rings. The number of carbonyl (C=O) groups is 1. The molecule has 0 radical (unpaired) electrons. The Labute approximate surface area is 118 Å². The van der Waals surface area contributed by atoms with Crippen LogP contribution in [0.1, 0.15) is 31.2 Å². The van der Waals surface area contributed by atoms with Crippen LogP contribution in [0, 0.1) is 11.3 Å². The minimum Gasteiger partial charge on any atom is -0.332 e. The second kappa shape index (κ2) is 5.63. The van der Waals surface area contributed by atoms with Gasteiger partial charge in [0, 0.05) is 12.1 Å². The summed E-state index contributed by atoms with van der Waals surface area (Å²) in [6.45, 7) is 0.126. The van der Waals surface area contributed by atoms with Crippen molar-refractivity contribution in [2.45, 2.75) is 31.1 Å². The third-order valence-corrected chi connectivity index (χ3v) is 4.13. The minimum atomic E-state index is -0.490. The van der Waals surface area contributed by atoms with E-state index in [0.717, 1.165) is 31.2 Å². The van der Waals surface area contributed by atoms with Gasteiger partial charge in [0.1, 0.15) is 6.54 Å². The molecular weight excluding hydrogens is 260 g/mol. The van der Waals surface area contributed by atoms with E-state index in [-0.39, 0.29) is 12.5 Å². The second-order valence-corrected chi connectivity index (χ2v) is 5.56. The molecule has 0 aliphatic heterocycles. The molecule has 0 atom stereocenters. The number of carbonyl (C=O) groups excluding carboxylic acids is 1. The summed E-state index contributed by atoms with van der Waals surface area (Å²) in [5, 5.41) is 9.41. The van der Waals surface area contributed by atoms with Crippen molar-refractivity contribution in [3.8, 4) is 6.07 Å². The molecule has 4 heteroatoms. The van der Waals surface area contributed by atoms with Crippen LogP contribution in [0.4, 0.5) is 0 Å². The normalized spacial score (nSPS) is 16.9. The zero-order valence-electron chi connectivity index (χ0n) is 11.0. The Kier molecular flexibility index (Phi) is 4.11. The van der Waals surface area contributed by atoms with E-state index in [9.17, 15) is 4.79 Å². The number of hydrogen-bond donors (Lipinski definition) is 0. The largest absolute Gasteiger partial charge is 0.332 e. The Bertz CT molecular complexity index is 515. The van der Waals surface area contributed by atoms with Gasteiger partial charge in [0.15, 0.2) is 0 Å². The summed E-state index contributed by atoms with van der Waals surface area (Å²) in [6, 6.07) is 9.58. The predicted octanol–water partition coefficient (Wildman–Crippen LogP) is 3.13. The fourth-order valence-electron chi connectivity index (χ4n) is 2.93. The van der Waals surface area contributed by atoms with Crippen LogP contribution >= 0.6 is 11.6 Å². The van der Waals surface area contributed by atoms with E-state index in [1.54, 1.807) is 7.05 Å². The first-order chi connectivity index (χ1) is 9.10. The fourth-order valence-corrected chi connectivity index (χ4v) is 3.12. The third kappa shape index (κ3) is 2.59. The molecule has 1 aliphatic rings. The van der Waals surface area contributed by atoms with Crippen molar-refractivity contribution >= 4 is 17.5 Å². The van der Waals surface area contributed by atoms with Crippen LogP contribution in [0.5, 0.6) is 0 Å². The van der Waals surface area contributed by atoms with E-state index in [2.05, 4.69) is 0 Å². The number of likely N-dealkylation sites (N-methyl/N-ethyl adjacent to an activating group) is 1. The molecule has 1 amide bonds. The molecule has 3 nitrogen and oxygen atoms in total. The van der Waals surface area contributed by atoms with Gasteiger partial charge in [0.2, 0.25) is 5.91 Å². The summed E-state index contributed by atoms with van der Waals surface area (Å²) >= 11 is 6.05. The van der Waals surface area contributed by atoms with Gasteiger partial charge in [-0.1, -0.05) is 36.6 Å². The minimum absolute atomic E-state index is 0.0359. The van der Waals surface area contributed by atoms with Gasteiger partial charge >= 0.3 is 0 Å². The molecule has 1 saturated carbocycles. The SMILES string of the molecule is CN(CC#N)C(=O)C1(c2cccc(Cl)c2)CCCC1. The van der Waals surface area contributed by atoms with Gasteiger partial charge in [0.05, 0.1) is 11.5 Å². The molecule has 0 bridgehead atoms. The number of nitriles is 1. The monoisotopic (exact) mass is 276 g/mol. The zero-order chi connectivity index (χ0) is 13.9. The number of amides is 1. The summed E-state index contributed by atoms with van der Waals surface area (Å²) in [5.74, 6) is 0.0359. The van der Waals surface area contributed by atoms with E-state index in [0.29, 0.717) is 5.02 Å². The van der Waals surface area contributed by atoms with Gasteiger partial charge in [-0.3, -0.25) is 4.79 Å². The lowest BCUT2D eigenvalue weighted by atomic mass is 9.77. The molecule has 0 spiro atoms. The summed E-state index contributed by atoms with van der Waals surface area (Å²) < 4.78 is 0. The molecule has 1 aliphatic carbocycles. The predicted molar refractivity (Wildman–Crippen MR) is 74.8 cm³/mol. The molecule has 0 heterocycles. The van der Waals surface area contributed by atoms with Crippen molar-refractivity contribution in [3.63, 3.8) is 0 Å². The van der Waals surface area contributed by atoms with Crippen LogP contribution in [0.3, 0.4) is 0 Å². The highest BCUT2D eigenvalue weighted by molar-refractivity contribution is 6.30. The molecule has 0 N–H and O–H groups in total. The van der Waals surface area contributed by atoms with E-state index in [1.165, 1.54) is 4.90 Å². The van der Waals surface area contributed by atoms with Gasteiger partial charge in [-0.05, 0) is 30.5 Å². The number of hydrogen-bond acceptors (Lipinski definition) is 2. The maximum Gasteiger partial charge on any atom is 0.233 e. The molecule has 0 unspecified atom stereocenters. The van der Waals surface area contributed by atoms with Crippen LogP contribution in [-0.4, -0.2) is 24.4 Å². The average Bonchev–Trinajstić information content (AvgIpc) is 2.88. The van der Waals surface area contributed by atoms with E-state index < -0.39 is 5.41 Å². The Hall–Kier alpha value is -1.53. The molecule has 0 saturated heterocycles. The second-order valence-electron chi connectivity index (χ2n) is 5.12. The first-order valence-electron chi connectivity index (χ1n) is 6.49. The van der Waals surface area contributed by atoms with Crippen LogP contribution in [0.15, 0.2) is 24.3 Å². The van der Waals surface area contributed by atoms with Gasteiger partial charge in [0.25, 0.3) is 0 Å². The Morgan fingerprint density at radius 2 is 2.16 bits per heavy atom. The summed E-state index contributed by atoms with van der Waals surface area (Å²) in [4.78, 5) is 14.2. The van der Waals surface area contributed by atoms with Crippen LogP contribution < -0.4 is 0 Å². The van der Waals surface area contributed by atoms with Crippen molar-refractivity contribution in [3.05, 3.63) is 34.9 Å². The Balaban J connectivity index is 2.39. The number of rotatable bonds is 3. The van der Waals surface area contributed by atoms with E-state index in [4.69, 9.17) is 16.9 Å². The Morgan fingerprint density at radius 3 is 2.74 bits per heavy atom. The average molecular weight is 277 g/mol. The number of nitrogens with zero attached hydrogens (tertiary/aromatic N) is 2. The molecule has 100 valence electrons. The quantitative estimate of drug-likeness (QED) is 0.796. The lowest BCUT2D eigenvalue weighted by molar-refractivity contribution is -0.135. The highest BCUT2D eigenvalue weighted by Crippen LogP contribution is 2.43. The van der Waals surface area contributed by atoms with Crippen molar-refractivity contribution in [1.82, 2.24) is 4.90 Å². The lowest BCUT2D eigenvalue weighted by Gasteiger charge is -2.32. The van der Waals surface area contributed by atoms with Gasteiger partial charge < -0.3 is 4.90 Å². The smallest absolute Gasteiger partial charge is 0.233 e. The molecule has 2 rings (SSSR count). The highest BCUT2D eigenvalue weighted by atomic mass is 35.5. The molecule has 1 aromatic carbocycles. The summed E-state index contributed by atoms with van der Waals surface area (Å²) in [6.07, 6.45) is 3.75. The standard InChI is InChI=1S/C15H17ClN2O/c1-18(10-9-17)14(19)15(7-2-3-8-15)12-5-4-6-13(16)11-12/h4-6,11H,2-3,7-8,10H2,1H3. The Morgan fingerprint density at radius 1 is 1.47 bits per heavy atom. The van der Waals surface area contributed by atoms with Crippen molar-refractivity contribution in [1.29, 1.82) is 5.26 Å². The number of benzene rings is 1. The maximum atomic E-state index is 12.7. The topological polar surface area (TPSA) is 44.1 Å². The van der Waals surface area contributed by atoms with E-state index >= 15 is 0 Å². The van der Waals surface area contributed by atoms with Gasteiger partial charge in [-0.15, -0.1) is 0 Å². The highest BCUT2D eigenvalue weighted by Gasteiger charge is 2.44. The molecule has 19 heavy (non-hydrogen) atoms. The molecular formula is C15H17ClN2O. The van der Waals surface area contributed by atoms with Crippen molar-refractivity contribution in [2.75, 3.05) is 13.6 Å². The third-order valence-electron chi connectivity index (χ3n) is 3.90. The van der Waals surface area contributed by atoms with Crippen molar-refractivity contribution < 1.29 is 4.79 Å². The first-order valence-corrected chi connectivity index (χ1v) is 6.86. The fraction of sp³-hybridized carbons (Fsp3) is 0.467. The van der Waals surface area contributed by atoms with E-state index in [1.807, 2.05) is 30.3 Å². The van der Waals surface area contributed by atoms with Crippen LogP contribution in [0.2, 0.25) is 5.02 Å². The molecule has 1 fully saturated rings. The zero-order valence-corrected chi connectivity index (χ0v) is 11.8. The summed E-state index contributed by atoms with van der Waals surface area (Å²) in [5.41, 5.74) is 0.489. The van der Waals surface area contributed by atoms with Gasteiger partial charge in [-0.25, -0.2) is 0 Å². The number of halogens is 1. The maximum absolute atomic E-state index is 12.7. The lowest BCUT2D eigenvalue weighted by Crippen LogP contribution is -2.43. The van der Waals surface area contributed by atoms with Crippen LogP contribution in [-0.2, 0) is 10.2 Å². The van der Waals surface area contributed by atoms with Crippen LogP contribution in [0.25, 0.3) is 0 Å². The van der Waals surface area contributed by atoms with Gasteiger partial charge in [-0.2, -0.15) is 5.26 Å². The molecule has 0 aromatic heterocycles. The first kappa shape index (κ1) is 13.9. The summed E-state index contributed by atoms with van der Waals surface area (Å²) in [7, 11) is 1.69. The van der Waals surface area contributed by atoms with Crippen molar-refractivity contribution in [2.24, 2.45) is 0 Å².